The van der Waals surface area contributed by atoms with Crippen LogP contribution in [0.3, 0.4) is 0 Å². The van der Waals surface area contributed by atoms with E-state index in [0.29, 0.717) is 6.04 Å². The molecule has 2 nitrogen and oxygen atoms in total. The minimum Gasteiger partial charge on any atom is -0.386 e. The third-order valence-corrected chi connectivity index (χ3v) is 2.64. The Morgan fingerprint density at radius 2 is 2.09 bits per heavy atom. The van der Waals surface area contributed by atoms with Gasteiger partial charge in [0.1, 0.15) is 0 Å². The molecule has 2 heteroatoms. The standard InChI is InChI=1S/C9H17NO/c1-3-9(11)6-4-8(10-2)5-7-9/h3,8,10-11H,1,4-7H2,2H3. The highest BCUT2D eigenvalue weighted by molar-refractivity contribution is 4.99. The SMILES string of the molecule is C=CC1(O)CCC(NC)CC1. The lowest BCUT2D eigenvalue weighted by molar-refractivity contribution is 0.0431. The molecular weight excluding hydrogens is 138 g/mol. The van der Waals surface area contributed by atoms with Crippen molar-refractivity contribution in [1.29, 1.82) is 0 Å². The maximum atomic E-state index is 9.75. The van der Waals surface area contributed by atoms with Crippen molar-refractivity contribution in [2.45, 2.75) is 37.3 Å². The Bertz CT molecular complexity index is 136. The van der Waals surface area contributed by atoms with Gasteiger partial charge in [-0.3, -0.25) is 0 Å². The molecule has 0 aromatic rings. The van der Waals surface area contributed by atoms with Crippen LogP contribution in [-0.4, -0.2) is 23.8 Å². The summed E-state index contributed by atoms with van der Waals surface area (Å²) in [5.74, 6) is 0. The first-order chi connectivity index (χ1) is 5.20. The van der Waals surface area contributed by atoms with E-state index < -0.39 is 5.60 Å². The van der Waals surface area contributed by atoms with Gasteiger partial charge >= 0.3 is 0 Å². The summed E-state index contributed by atoms with van der Waals surface area (Å²) in [4.78, 5) is 0. The molecule has 0 heterocycles. The molecule has 0 bridgehead atoms. The number of hydrogen-bond donors (Lipinski definition) is 2. The number of nitrogens with one attached hydrogen (secondary N) is 1. The summed E-state index contributed by atoms with van der Waals surface area (Å²) in [6, 6.07) is 0.593. The van der Waals surface area contributed by atoms with Crippen LogP contribution in [0.5, 0.6) is 0 Å². The summed E-state index contributed by atoms with van der Waals surface area (Å²) in [5.41, 5.74) is -0.576. The lowest BCUT2D eigenvalue weighted by atomic mass is 9.82. The Kier molecular flexibility index (Phi) is 2.68. The average molecular weight is 155 g/mol. The highest BCUT2D eigenvalue weighted by Gasteiger charge is 2.29. The van der Waals surface area contributed by atoms with E-state index in [9.17, 15) is 5.11 Å². The van der Waals surface area contributed by atoms with E-state index in [4.69, 9.17) is 0 Å². The van der Waals surface area contributed by atoms with Gasteiger partial charge in [0.2, 0.25) is 0 Å². The van der Waals surface area contributed by atoms with Gasteiger partial charge in [-0.25, -0.2) is 0 Å². The Morgan fingerprint density at radius 3 is 2.45 bits per heavy atom. The van der Waals surface area contributed by atoms with Crippen molar-refractivity contribution in [3.63, 3.8) is 0 Å². The molecule has 64 valence electrons. The van der Waals surface area contributed by atoms with Crippen molar-refractivity contribution in [2.75, 3.05) is 7.05 Å². The van der Waals surface area contributed by atoms with Gasteiger partial charge in [0.15, 0.2) is 0 Å². The van der Waals surface area contributed by atoms with E-state index in [0.717, 1.165) is 25.7 Å². The molecule has 0 aliphatic heterocycles. The maximum absolute atomic E-state index is 9.75. The molecule has 0 spiro atoms. The molecule has 0 unspecified atom stereocenters. The number of aliphatic hydroxyl groups is 1. The fourth-order valence-electron chi connectivity index (χ4n) is 1.61. The first-order valence-corrected chi connectivity index (χ1v) is 4.23. The quantitative estimate of drug-likeness (QED) is 0.584. The molecule has 1 aliphatic rings. The second kappa shape index (κ2) is 3.37. The minimum absolute atomic E-state index is 0.576. The van der Waals surface area contributed by atoms with Crippen LogP contribution >= 0.6 is 0 Å². The Labute approximate surface area is 68.3 Å². The average Bonchev–Trinajstić information content (AvgIpc) is 2.06. The molecule has 0 amide bonds. The van der Waals surface area contributed by atoms with Crippen LogP contribution in [0.4, 0.5) is 0 Å². The van der Waals surface area contributed by atoms with E-state index in [-0.39, 0.29) is 0 Å². The van der Waals surface area contributed by atoms with Crippen molar-refractivity contribution < 1.29 is 5.11 Å². The van der Waals surface area contributed by atoms with E-state index >= 15 is 0 Å². The van der Waals surface area contributed by atoms with Crippen LogP contribution in [-0.2, 0) is 0 Å². The molecular formula is C9H17NO. The summed E-state index contributed by atoms with van der Waals surface area (Å²) in [6.45, 7) is 3.64. The van der Waals surface area contributed by atoms with Gasteiger partial charge in [-0.2, -0.15) is 0 Å². The smallest absolute Gasteiger partial charge is 0.0826 e. The summed E-state index contributed by atoms with van der Waals surface area (Å²) < 4.78 is 0. The highest BCUT2D eigenvalue weighted by Crippen LogP contribution is 2.28. The Balaban J connectivity index is 2.41. The molecule has 2 N–H and O–H groups in total. The first kappa shape index (κ1) is 8.75. The van der Waals surface area contributed by atoms with Crippen LogP contribution < -0.4 is 5.32 Å². The predicted octanol–water partition coefficient (Wildman–Crippen LogP) is 1.07. The van der Waals surface area contributed by atoms with E-state index in [1.165, 1.54) is 0 Å². The van der Waals surface area contributed by atoms with Gasteiger partial charge in [0.05, 0.1) is 5.60 Å². The van der Waals surface area contributed by atoms with Crippen LogP contribution in [0.15, 0.2) is 12.7 Å². The fraction of sp³-hybridized carbons (Fsp3) is 0.778. The summed E-state index contributed by atoms with van der Waals surface area (Å²) in [5, 5.41) is 13.0. The molecule has 0 atom stereocenters. The number of rotatable bonds is 2. The van der Waals surface area contributed by atoms with Gasteiger partial charge < -0.3 is 10.4 Å². The van der Waals surface area contributed by atoms with Crippen LogP contribution in [0.1, 0.15) is 25.7 Å². The molecule has 0 aromatic heterocycles. The van der Waals surface area contributed by atoms with E-state index in [2.05, 4.69) is 11.9 Å². The van der Waals surface area contributed by atoms with Crippen molar-refractivity contribution in [3.05, 3.63) is 12.7 Å². The molecule has 1 aliphatic carbocycles. The molecule has 0 saturated heterocycles. The first-order valence-electron chi connectivity index (χ1n) is 4.23. The number of hydrogen-bond acceptors (Lipinski definition) is 2. The van der Waals surface area contributed by atoms with E-state index in [1.54, 1.807) is 6.08 Å². The second-order valence-corrected chi connectivity index (χ2v) is 3.37. The predicted molar refractivity (Wildman–Crippen MR) is 46.5 cm³/mol. The molecule has 1 rings (SSSR count). The maximum Gasteiger partial charge on any atom is 0.0826 e. The third kappa shape index (κ3) is 2.04. The van der Waals surface area contributed by atoms with Gasteiger partial charge in [-0.05, 0) is 32.7 Å². The summed E-state index contributed by atoms with van der Waals surface area (Å²) in [7, 11) is 1.98. The Morgan fingerprint density at radius 1 is 1.55 bits per heavy atom. The zero-order chi connectivity index (χ0) is 8.32. The van der Waals surface area contributed by atoms with Gasteiger partial charge in [0.25, 0.3) is 0 Å². The molecule has 0 aromatic carbocycles. The zero-order valence-corrected chi connectivity index (χ0v) is 7.14. The normalized spacial score (nSPS) is 38.5. The second-order valence-electron chi connectivity index (χ2n) is 3.37. The summed E-state index contributed by atoms with van der Waals surface area (Å²) >= 11 is 0. The lowest BCUT2D eigenvalue weighted by Crippen LogP contribution is -2.38. The van der Waals surface area contributed by atoms with Crippen molar-refractivity contribution in [3.8, 4) is 0 Å². The zero-order valence-electron chi connectivity index (χ0n) is 7.14. The highest BCUT2D eigenvalue weighted by atomic mass is 16.3. The van der Waals surface area contributed by atoms with E-state index in [1.807, 2.05) is 7.05 Å². The van der Waals surface area contributed by atoms with Gasteiger partial charge in [-0.1, -0.05) is 6.08 Å². The fourth-order valence-corrected chi connectivity index (χ4v) is 1.61. The Hall–Kier alpha value is -0.340. The van der Waals surface area contributed by atoms with Crippen LogP contribution in [0.2, 0.25) is 0 Å². The molecule has 11 heavy (non-hydrogen) atoms. The monoisotopic (exact) mass is 155 g/mol. The minimum atomic E-state index is -0.576. The molecule has 1 fully saturated rings. The molecule has 0 radical (unpaired) electrons. The van der Waals surface area contributed by atoms with Gasteiger partial charge in [0, 0.05) is 6.04 Å². The molecule has 1 saturated carbocycles. The largest absolute Gasteiger partial charge is 0.386 e. The van der Waals surface area contributed by atoms with Crippen LogP contribution in [0, 0.1) is 0 Å². The van der Waals surface area contributed by atoms with Crippen molar-refractivity contribution in [1.82, 2.24) is 5.32 Å². The van der Waals surface area contributed by atoms with Crippen LogP contribution in [0.25, 0.3) is 0 Å². The third-order valence-electron chi connectivity index (χ3n) is 2.64. The van der Waals surface area contributed by atoms with Gasteiger partial charge in [-0.15, -0.1) is 6.58 Å². The van der Waals surface area contributed by atoms with Crippen molar-refractivity contribution >= 4 is 0 Å². The summed E-state index contributed by atoms with van der Waals surface area (Å²) in [6.07, 6.45) is 5.49. The topological polar surface area (TPSA) is 32.3 Å². The van der Waals surface area contributed by atoms with Crippen molar-refractivity contribution in [2.24, 2.45) is 0 Å². The lowest BCUT2D eigenvalue weighted by Gasteiger charge is -2.33.